The first-order valence-corrected chi connectivity index (χ1v) is 6.36. The highest BCUT2D eigenvalue weighted by atomic mass is 19.1. The summed E-state index contributed by atoms with van der Waals surface area (Å²) in [6.45, 7) is -0.269. The molecule has 1 N–H and O–H groups in total. The Morgan fingerprint density at radius 1 is 1.24 bits per heavy atom. The van der Waals surface area contributed by atoms with E-state index in [1.165, 1.54) is 18.0 Å². The lowest BCUT2D eigenvalue weighted by atomic mass is 10.2. The number of hydrogen-bond donors (Lipinski definition) is 1. The summed E-state index contributed by atoms with van der Waals surface area (Å²) in [6, 6.07) is 9.42. The van der Waals surface area contributed by atoms with Crippen molar-refractivity contribution in [2.24, 2.45) is 0 Å². The number of halogens is 1. The van der Waals surface area contributed by atoms with Crippen LogP contribution in [0.1, 0.15) is 16.1 Å². The van der Waals surface area contributed by atoms with E-state index in [0.717, 1.165) is 0 Å². The first-order chi connectivity index (χ1) is 10.1. The van der Waals surface area contributed by atoms with Gasteiger partial charge >= 0.3 is 5.97 Å². The molecule has 2 rings (SSSR count). The molecule has 21 heavy (non-hydrogen) atoms. The van der Waals surface area contributed by atoms with Crippen LogP contribution in [0.3, 0.4) is 0 Å². The molecule has 5 nitrogen and oxygen atoms in total. The van der Waals surface area contributed by atoms with E-state index >= 15 is 0 Å². The van der Waals surface area contributed by atoms with Gasteiger partial charge in [0, 0.05) is 25.4 Å². The summed E-state index contributed by atoms with van der Waals surface area (Å²) in [6.07, 6.45) is 1.59. The maximum absolute atomic E-state index is 13.5. The molecule has 0 saturated carbocycles. The minimum Gasteiger partial charge on any atom is -0.451 e. The van der Waals surface area contributed by atoms with Gasteiger partial charge in [0.2, 0.25) is 0 Å². The van der Waals surface area contributed by atoms with Gasteiger partial charge in [0.25, 0.3) is 5.91 Å². The van der Waals surface area contributed by atoms with Crippen molar-refractivity contribution < 1.29 is 18.7 Å². The Bertz CT molecular complexity index is 626. The van der Waals surface area contributed by atoms with Crippen molar-refractivity contribution in [1.29, 1.82) is 0 Å². The predicted octanol–water partition coefficient (Wildman–Crippen LogP) is 1.97. The first kappa shape index (κ1) is 14.8. The maximum Gasteiger partial charge on any atom is 0.355 e. The lowest BCUT2D eigenvalue weighted by Gasteiger charge is -2.17. The van der Waals surface area contributed by atoms with Crippen LogP contribution in [-0.4, -0.2) is 35.4 Å². The fourth-order valence-electron chi connectivity index (χ4n) is 1.74. The fraction of sp³-hybridized carbons (Fsp3) is 0.200. The zero-order valence-corrected chi connectivity index (χ0v) is 11.5. The summed E-state index contributed by atoms with van der Waals surface area (Å²) in [7, 11) is 1.53. The molecule has 1 amide bonds. The molecule has 110 valence electrons. The summed E-state index contributed by atoms with van der Waals surface area (Å²) in [4.78, 5) is 27.4. The molecule has 0 aliphatic heterocycles. The van der Waals surface area contributed by atoms with Gasteiger partial charge in [-0.3, -0.25) is 4.79 Å². The van der Waals surface area contributed by atoms with Crippen molar-refractivity contribution in [2.45, 2.75) is 6.54 Å². The number of benzene rings is 1. The molecule has 1 aromatic heterocycles. The Balaban J connectivity index is 1.86. The van der Waals surface area contributed by atoms with Crippen molar-refractivity contribution in [3.8, 4) is 0 Å². The largest absolute Gasteiger partial charge is 0.451 e. The second-order valence-corrected chi connectivity index (χ2v) is 4.50. The molecule has 0 fully saturated rings. The first-order valence-electron chi connectivity index (χ1n) is 6.36. The Morgan fingerprint density at radius 3 is 2.67 bits per heavy atom. The molecule has 0 spiro atoms. The zero-order chi connectivity index (χ0) is 15.2. The van der Waals surface area contributed by atoms with E-state index in [0.29, 0.717) is 5.56 Å². The van der Waals surface area contributed by atoms with Crippen molar-refractivity contribution in [3.05, 3.63) is 59.7 Å². The van der Waals surface area contributed by atoms with Crippen LogP contribution in [0.5, 0.6) is 0 Å². The SMILES string of the molecule is CN(Cc1ccccc1F)C(=O)COC(=O)c1ccc[nH]1. The van der Waals surface area contributed by atoms with E-state index in [-0.39, 0.29) is 24.7 Å². The molecule has 0 unspecified atom stereocenters. The van der Waals surface area contributed by atoms with Gasteiger partial charge in [-0.2, -0.15) is 0 Å². The number of ether oxygens (including phenoxy) is 1. The molecule has 1 aromatic carbocycles. The highest BCUT2D eigenvalue weighted by Crippen LogP contribution is 2.09. The monoisotopic (exact) mass is 290 g/mol. The molecule has 0 saturated heterocycles. The summed E-state index contributed by atoms with van der Waals surface area (Å²) in [5.74, 6) is -1.38. The highest BCUT2D eigenvalue weighted by Gasteiger charge is 2.15. The lowest BCUT2D eigenvalue weighted by Crippen LogP contribution is -2.31. The van der Waals surface area contributed by atoms with Crippen molar-refractivity contribution in [3.63, 3.8) is 0 Å². The Hall–Kier alpha value is -2.63. The highest BCUT2D eigenvalue weighted by molar-refractivity contribution is 5.89. The van der Waals surface area contributed by atoms with Crippen molar-refractivity contribution in [2.75, 3.05) is 13.7 Å². The van der Waals surface area contributed by atoms with Crippen LogP contribution >= 0.6 is 0 Å². The van der Waals surface area contributed by atoms with Gasteiger partial charge in [0.1, 0.15) is 11.5 Å². The molecule has 0 aliphatic rings. The quantitative estimate of drug-likeness (QED) is 0.856. The van der Waals surface area contributed by atoms with Crippen LogP contribution < -0.4 is 0 Å². The molecular formula is C15H15FN2O3. The van der Waals surface area contributed by atoms with Gasteiger partial charge in [-0.1, -0.05) is 18.2 Å². The van der Waals surface area contributed by atoms with Gasteiger partial charge in [-0.25, -0.2) is 9.18 Å². The van der Waals surface area contributed by atoms with E-state index < -0.39 is 11.9 Å². The van der Waals surface area contributed by atoms with Crippen molar-refractivity contribution in [1.82, 2.24) is 9.88 Å². The average Bonchev–Trinajstić information content (AvgIpc) is 3.01. The molecule has 0 atom stereocenters. The number of aromatic nitrogens is 1. The van der Waals surface area contributed by atoms with Gasteiger partial charge in [-0.05, 0) is 18.2 Å². The fourth-order valence-corrected chi connectivity index (χ4v) is 1.74. The summed E-state index contributed by atoms with van der Waals surface area (Å²) in [5.41, 5.74) is 0.684. The van der Waals surface area contributed by atoms with Crippen molar-refractivity contribution >= 4 is 11.9 Å². The number of carbonyl (C=O) groups excluding carboxylic acids is 2. The summed E-state index contributed by atoms with van der Waals surface area (Å²) in [5, 5.41) is 0. The van der Waals surface area contributed by atoms with Crippen LogP contribution in [0.25, 0.3) is 0 Å². The van der Waals surface area contributed by atoms with Crippen LogP contribution in [0, 0.1) is 5.82 Å². The molecular weight excluding hydrogens is 275 g/mol. The lowest BCUT2D eigenvalue weighted by molar-refractivity contribution is -0.133. The maximum atomic E-state index is 13.5. The molecule has 0 bridgehead atoms. The number of nitrogens with one attached hydrogen (secondary N) is 1. The molecule has 1 heterocycles. The number of carbonyl (C=O) groups is 2. The smallest absolute Gasteiger partial charge is 0.355 e. The number of hydrogen-bond acceptors (Lipinski definition) is 3. The van der Waals surface area contributed by atoms with Gasteiger partial charge in [0.15, 0.2) is 6.61 Å². The molecule has 6 heteroatoms. The number of amides is 1. The van der Waals surface area contributed by atoms with Crippen LogP contribution in [0.15, 0.2) is 42.6 Å². The zero-order valence-electron chi connectivity index (χ0n) is 11.5. The third-order valence-corrected chi connectivity index (χ3v) is 2.94. The van der Waals surface area contributed by atoms with Crippen LogP contribution in [0.4, 0.5) is 4.39 Å². The second kappa shape index (κ2) is 6.69. The van der Waals surface area contributed by atoms with Crippen LogP contribution in [0.2, 0.25) is 0 Å². The molecule has 0 radical (unpaired) electrons. The van der Waals surface area contributed by atoms with E-state index in [9.17, 15) is 14.0 Å². The predicted molar refractivity (Wildman–Crippen MR) is 73.9 cm³/mol. The van der Waals surface area contributed by atoms with Crippen LogP contribution in [-0.2, 0) is 16.1 Å². The third-order valence-electron chi connectivity index (χ3n) is 2.94. The number of likely N-dealkylation sites (N-methyl/N-ethyl adjacent to an activating group) is 1. The number of rotatable bonds is 5. The molecule has 0 aliphatic carbocycles. The van der Waals surface area contributed by atoms with E-state index in [4.69, 9.17) is 4.74 Å². The molecule has 2 aromatic rings. The van der Waals surface area contributed by atoms with E-state index in [1.54, 1.807) is 36.5 Å². The van der Waals surface area contributed by atoms with Gasteiger partial charge in [0.05, 0.1) is 0 Å². The standard InChI is InChI=1S/C15H15FN2O3/c1-18(9-11-5-2-3-6-12(11)16)14(19)10-21-15(20)13-7-4-8-17-13/h2-8,17H,9-10H2,1H3. The van der Waals surface area contributed by atoms with Gasteiger partial charge in [-0.15, -0.1) is 0 Å². The second-order valence-electron chi connectivity index (χ2n) is 4.50. The van der Waals surface area contributed by atoms with E-state index in [1.807, 2.05) is 0 Å². The number of H-pyrrole nitrogens is 1. The number of nitrogens with zero attached hydrogens (tertiary/aromatic N) is 1. The minimum atomic E-state index is -0.604. The van der Waals surface area contributed by atoms with Gasteiger partial charge < -0.3 is 14.6 Å². The third kappa shape index (κ3) is 3.92. The number of aromatic amines is 1. The van der Waals surface area contributed by atoms with E-state index in [2.05, 4.69) is 4.98 Å². The minimum absolute atomic E-state index is 0.117. The Kier molecular flexibility index (Phi) is 4.71. The topological polar surface area (TPSA) is 62.4 Å². The summed E-state index contributed by atoms with van der Waals surface area (Å²) < 4.78 is 18.4. The average molecular weight is 290 g/mol. The normalized spacial score (nSPS) is 10.2. The Labute approximate surface area is 121 Å². The Morgan fingerprint density at radius 2 is 2.00 bits per heavy atom. The summed E-state index contributed by atoms with van der Waals surface area (Å²) >= 11 is 0. The number of esters is 1.